The molecule has 2 N–H and O–H groups in total. The number of likely N-dealkylation sites (N-methyl/N-ethyl adjacent to an activating group) is 1. The third-order valence-electron chi connectivity index (χ3n) is 7.04. The minimum absolute atomic E-state index is 0.0470. The van der Waals surface area contributed by atoms with Gasteiger partial charge in [-0.25, -0.2) is 4.98 Å². The van der Waals surface area contributed by atoms with E-state index in [1.165, 1.54) is 0 Å². The summed E-state index contributed by atoms with van der Waals surface area (Å²) in [6.45, 7) is 6.68. The molecule has 3 aliphatic rings. The summed E-state index contributed by atoms with van der Waals surface area (Å²) in [5, 5.41) is 6.40. The molecular formula is C27H28N6O. The molecule has 7 nitrogen and oxygen atoms in total. The van der Waals surface area contributed by atoms with Gasteiger partial charge in [-0.1, -0.05) is 18.2 Å². The first-order valence-corrected chi connectivity index (χ1v) is 11.8. The van der Waals surface area contributed by atoms with Crippen molar-refractivity contribution in [2.24, 2.45) is 0 Å². The number of benzene rings is 1. The Hall–Kier alpha value is -3.71. The highest BCUT2D eigenvalue weighted by molar-refractivity contribution is 6.06. The number of anilines is 3. The molecule has 0 radical (unpaired) electrons. The summed E-state index contributed by atoms with van der Waals surface area (Å²) in [5.41, 5.74) is 9.21. The van der Waals surface area contributed by atoms with Crippen LogP contribution in [0.4, 0.5) is 17.2 Å². The van der Waals surface area contributed by atoms with Crippen molar-refractivity contribution in [3.63, 3.8) is 0 Å². The van der Waals surface area contributed by atoms with E-state index in [-0.39, 0.29) is 5.91 Å². The molecule has 1 aliphatic carbocycles. The monoisotopic (exact) mass is 452 g/mol. The molecule has 0 unspecified atom stereocenters. The van der Waals surface area contributed by atoms with E-state index in [2.05, 4.69) is 62.8 Å². The van der Waals surface area contributed by atoms with Gasteiger partial charge in [-0.3, -0.25) is 9.78 Å². The number of pyridine rings is 2. The Kier molecular flexibility index (Phi) is 5.07. The molecule has 172 valence electrons. The van der Waals surface area contributed by atoms with Crippen LogP contribution in [0.1, 0.15) is 38.4 Å². The maximum Gasteiger partial charge on any atom is 0.254 e. The van der Waals surface area contributed by atoms with E-state index in [9.17, 15) is 4.79 Å². The molecule has 1 aromatic carbocycles. The maximum atomic E-state index is 12.8. The molecule has 0 bridgehead atoms. The predicted molar refractivity (Wildman–Crippen MR) is 135 cm³/mol. The predicted octanol–water partition coefficient (Wildman–Crippen LogP) is 3.51. The molecule has 4 heterocycles. The molecule has 3 aromatic rings. The van der Waals surface area contributed by atoms with Crippen LogP contribution in [0.15, 0.2) is 48.7 Å². The zero-order chi connectivity index (χ0) is 23.2. The molecule has 7 heteroatoms. The van der Waals surface area contributed by atoms with Crippen molar-refractivity contribution in [2.75, 3.05) is 43.4 Å². The van der Waals surface area contributed by atoms with E-state index < -0.39 is 0 Å². The molecule has 34 heavy (non-hydrogen) atoms. The van der Waals surface area contributed by atoms with Crippen molar-refractivity contribution < 1.29 is 4.79 Å². The molecule has 1 saturated heterocycles. The average Bonchev–Trinajstić information content (AvgIpc) is 3.44. The van der Waals surface area contributed by atoms with Crippen molar-refractivity contribution in [1.29, 1.82) is 0 Å². The summed E-state index contributed by atoms with van der Waals surface area (Å²) < 4.78 is 0. The molecule has 2 aliphatic heterocycles. The van der Waals surface area contributed by atoms with E-state index in [1.807, 2.05) is 25.3 Å². The minimum atomic E-state index is -0.0470. The van der Waals surface area contributed by atoms with E-state index in [1.54, 1.807) is 0 Å². The largest absolute Gasteiger partial charge is 0.368 e. The van der Waals surface area contributed by atoms with E-state index in [0.29, 0.717) is 12.1 Å². The summed E-state index contributed by atoms with van der Waals surface area (Å²) in [4.78, 5) is 26.8. The van der Waals surface area contributed by atoms with Gasteiger partial charge in [0, 0.05) is 50.4 Å². The van der Waals surface area contributed by atoms with Crippen molar-refractivity contribution >= 4 is 28.7 Å². The minimum Gasteiger partial charge on any atom is -0.368 e. The van der Waals surface area contributed by atoms with Crippen LogP contribution in [0.2, 0.25) is 0 Å². The lowest BCUT2D eigenvalue weighted by molar-refractivity contribution is 0.0966. The number of piperazine rings is 1. The lowest BCUT2D eigenvalue weighted by atomic mass is 9.93. The van der Waals surface area contributed by atoms with Crippen molar-refractivity contribution in [2.45, 2.75) is 19.9 Å². The highest BCUT2D eigenvalue weighted by atomic mass is 16.1. The number of carbonyl (C=O) groups is 1. The molecule has 0 atom stereocenters. The standard InChI is InChI=1S/C27H28N6O/c1-17-3-5-21-19(6-8-23(21)30-17)20-7-9-24(26-22(20)16-29-27(26)34)31-25-10-4-18(15-28-25)33-13-11-32(2)12-14-33/h3-7,9-10,15H,8,11-14,16H2,1-2H3,(H,28,31)(H,29,34). The van der Waals surface area contributed by atoms with Crippen LogP contribution < -0.4 is 15.5 Å². The molecule has 1 fully saturated rings. The number of rotatable bonds is 4. The van der Waals surface area contributed by atoms with Gasteiger partial charge in [0.25, 0.3) is 5.91 Å². The Labute approximate surface area is 199 Å². The molecular weight excluding hydrogens is 424 g/mol. The number of allylic oxidation sites excluding steroid dienone is 1. The van der Waals surface area contributed by atoms with Gasteiger partial charge in [-0.2, -0.15) is 0 Å². The zero-order valence-electron chi connectivity index (χ0n) is 19.6. The third kappa shape index (κ3) is 3.62. The fraction of sp³-hybridized carbons (Fsp3) is 0.296. The fourth-order valence-electron chi connectivity index (χ4n) is 5.13. The Morgan fingerprint density at radius 2 is 1.82 bits per heavy atom. The van der Waals surface area contributed by atoms with Gasteiger partial charge in [0.2, 0.25) is 0 Å². The molecule has 0 spiro atoms. The van der Waals surface area contributed by atoms with Gasteiger partial charge in [0.1, 0.15) is 5.82 Å². The Morgan fingerprint density at radius 3 is 2.62 bits per heavy atom. The quantitative estimate of drug-likeness (QED) is 0.631. The van der Waals surface area contributed by atoms with Crippen LogP contribution in [-0.2, 0) is 13.0 Å². The van der Waals surface area contributed by atoms with Crippen LogP contribution in [0.3, 0.4) is 0 Å². The molecule has 0 saturated carbocycles. The molecule has 6 rings (SSSR count). The van der Waals surface area contributed by atoms with E-state index in [4.69, 9.17) is 4.98 Å². The van der Waals surface area contributed by atoms with Crippen molar-refractivity contribution in [3.8, 4) is 0 Å². The second-order valence-corrected chi connectivity index (χ2v) is 9.28. The van der Waals surface area contributed by atoms with Crippen molar-refractivity contribution in [1.82, 2.24) is 20.2 Å². The van der Waals surface area contributed by atoms with Crippen LogP contribution in [0.5, 0.6) is 0 Å². The van der Waals surface area contributed by atoms with Crippen LogP contribution >= 0.6 is 0 Å². The van der Waals surface area contributed by atoms with Crippen LogP contribution in [0.25, 0.3) is 5.57 Å². The smallest absolute Gasteiger partial charge is 0.254 e. The number of amides is 1. The summed E-state index contributed by atoms with van der Waals surface area (Å²) in [6.07, 6.45) is 4.96. The van der Waals surface area contributed by atoms with Crippen molar-refractivity contribution in [3.05, 3.63) is 82.3 Å². The van der Waals surface area contributed by atoms with Gasteiger partial charge in [-0.15, -0.1) is 0 Å². The number of nitrogens with one attached hydrogen (secondary N) is 2. The number of fused-ring (bicyclic) bond motifs is 2. The number of carbonyl (C=O) groups excluding carboxylic acids is 1. The summed E-state index contributed by atoms with van der Waals surface area (Å²) in [6, 6.07) is 12.4. The van der Waals surface area contributed by atoms with Gasteiger partial charge in [-0.05, 0) is 54.9 Å². The van der Waals surface area contributed by atoms with Crippen LogP contribution in [-0.4, -0.2) is 54.0 Å². The SMILES string of the molecule is Cc1ccc2c(n1)CC=C2c1ccc(Nc2ccc(N3CCN(C)CC3)cn2)c2c1CNC2=O. The summed E-state index contributed by atoms with van der Waals surface area (Å²) in [5.74, 6) is 0.687. The Morgan fingerprint density at radius 1 is 1.00 bits per heavy atom. The first-order valence-electron chi connectivity index (χ1n) is 11.8. The summed E-state index contributed by atoms with van der Waals surface area (Å²) >= 11 is 0. The highest BCUT2D eigenvalue weighted by Crippen LogP contribution is 2.38. The molecule has 1 amide bonds. The Balaban J connectivity index is 1.28. The topological polar surface area (TPSA) is 73.4 Å². The lowest BCUT2D eigenvalue weighted by Crippen LogP contribution is -2.44. The van der Waals surface area contributed by atoms with Gasteiger partial charge in [0.15, 0.2) is 0 Å². The summed E-state index contributed by atoms with van der Waals surface area (Å²) in [7, 11) is 2.16. The Bertz CT molecular complexity index is 1310. The fourth-order valence-corrected chi connectivity index (χ4v) is 5.13. The molecule has 2 aromatic heterocycles. The maximum absolute atomic E-state index is 12.8. The number of hydrogen-bond acceptors (Lipinski definition) is 6. The normalized spacial score (nSPS) is 17.3. The van der Waals surface area contributed by atoms with Gasteiger partial charge < -0.3 is 20.4 Å². The number of hydrogen-bond donors (Lipinski definition) is 2. The second-order valence-electron chi connectivity index (χ2n) is 9.28. The van der Waals surface area contributed by atoms with Crippen LogP contribution in [0, 0.1) is 6.92 Å². The van der Waals surface area contributed by atoms with Gasteiger partial charge in [0.05, 0.1) is 28.8 Å². The number of nitrogens with zero attached hydrogens (tertiary/aromatic N) is 4. The second kappa shape index (κ2) is 8.25. The van der Waals surface area contributed by atoms with Gasteiger partial charge >= 0.3 is 0 Å². The lowest BCUT2D eigenvalue weighted by Gasteiger charge is -2.33. The third-order valence-corrected chi connectivity index (χ3v) is 7.04. The average molecular weight is 453 g/mol. The first kappa shape index (κ1) is 20.9. The van der Waals surface area contributed by atoms with E-state index in [0.717, 1.165) is 83.4 Å². The first-order chi connectivity index (χ1) is 16.6. The van der Waals surface area contributed by atoms with E-state index >= 15 is 0 Å². The zero-order valence-corrected chi connectivity index (χ0v) is 19.6. The highest BCUT2D eigenvalue weighted by Gasteiger charge is 2.29. The number of aryl methyl sites for hydroxylation is 1. The number of aromatic nitrogens is 2.